The molecule has 0 saturated carbocycles. The van der Waals surface area contributed by atoms with Gasteiger partial charge in [-0.05, 0) is 29.8 Å². The zero-order valence-electron chi connectivity index (χ0n) is 9.17. The fourth-order valence-corrected chi connectivity index (χ4v) is 1.80. The van der Waals surface area contributed by atoms with Gasteiger partial charge in [0.05, 0.1) is 5.69 Å². The van der Waals surface area contributed by atoms with Crippen LogP contribution in [0.25, 0.3) is 16.9 Å². The number of nitrogens with two attached hydrogens (primary N) is 1. The molecule has 4 nitrogen and oxygen atoms in total. The molecule has 0 amide bonds. The third kappa shape index (κ3) is 1.80. The molecule has 0 fully saturated rings. The molecule has 0 spiro atoms. The lowest BCUT2D eigenvalue weighted by molar-refractivity contribution is 1.08. The van der Waals surface area contributed by atoms with E-state index in [2.05, 4.69) is 26.9 Å². The number of hydrogen-bond donors (Lipinski definition) is 2. The first-order valence-electron chi connectivity index (χ1n) is 5.37. The van der Waals surface area contributed by atoms with Gasteiger partial charge in [0, 0.05) is 24.1 Å². The van der Waals surface area contributed by atoms with Gasteiger partial charge in [-0.15, -0.1) is 0 Å². The van der Waals surface area contributed by atoms with Gasteiger partial charge in [-0.2, -0.15) is 5.10 Å². The Kier molecular flexibility index (Phi) is 2.19. The maximum Gasteiger partial charge on any atom is 0.145 e. The topological polar surface area (TPSA) is 59.6 Å². The molecular formula is C13H12N4. The van der Waals surface area contributed by atoms with Crippen molar-refractivity contribution in [1.29, 1.82) is 0 Å². The molecule has 17 heavy (non-hydrogen) atoms. The van der Waals surface area contributed by atoms with Crippen molar-refractivity contribution in [2.24, 2.45) is 0 Å². The van der Waals surface area contributed by atoms with Crippen molar-refractivity contribution >= 4 is 5.82 Å². The summed E-state index contributed by atoms with van der Waals surface area (Å²) in [6.45, 7) is 0. The molecule has 0 unspecified atom stereocenters. The number of hydrogen-bond acceptors (Lipinski definition) is 2. The van der Waals surface area contributed by atoms with Crippen LogP contribution in [-0.4, -0.2) is 14.8 Å². The number of nitrogen functional groups attached to an aromatic ring is 1. The summed E-state index contributed by atoms with van der Waals surface area (Å²) in [6.07, 6.45) is 4.03. The normalized spacial score (nSPS) is 10.6. The molecule has 3 N–H and O–H groups in total. The van der Waals surface area contributed by atoms with E-state index in [0.717, 1.165) is 16.9 Å². The molecule has 0 atom stereocenters. The van der Waals surface area contributed by atoms with Crippen molar-refractivity contribution in [2.75, 3.05) is 5.73 Å². The third-order valence-corrected chi connectivity index (χ3v) is 2.68. The molecule has 84 valence electrons. The highest BCUT2D eigenvalue weighted by molar-refractivity contribution is 5.63. The van der Waals surface area contributed by atoms with E-state index in [9.17, 15) is 0 Å². The summed E-state index contributed by atoms with van der Waals surface area (Å²) in [5.74, 6) is 0.509. The van der Waals surface area contributed by atoms with Crippen molar-refractivity contribution in [2.45, 2.75) is 0 Å². The van der Waals surface area contributed by atoms with Crippen LogP contribution in [0.5, 0.6) is 0 Å². The smallest absolute Gasteiger partial charge is 0.145 e. The van der Waals surface area contributed by atoms with Gasteiger partial charge in [-0.25, -0.2) is 0 Å². The summed E-state index contributed by atoms with van der Waals surface area (Å²) in [6, 6.07) is 14.0. The summed E-state index contributed by atoms with van der Waals surface area (Å²) in [5, 5.41) is 6.81. The average molecular weight is 224 g/mol. The SMILES string of the molecule is Nc1cc(-c2ccc(-n3cccc3)cc2)[nH]n1. The summed E-state index contributed by atoms with van der Waals surface area (Å²) >= 11 is 0. The van der Waals surface area contributed by atoms with E-state index in [-0.39, 0.29) is 0 Å². The van der Waals surface area contributed by atoms with Crippen molar-refractivity contribution in [3.05, 3.63) is 54.9 Å². The lowest BCUT2D eigenvalue weighted by atomic mass is 10.1. The number of aromatic nitrogens is 3. The summed E-state index contributed by atoms with van der Waals surface area (Å²) in [5.41, 5.74) is 8.71. The lowest BCUT2D eigenvalue weighted by Gasteiger charge is -2.03. The van der Waals surface area contributed by atoms with E-state index in [4.69, 9.17) is 5.73 Å². The first-order chi connectivity index (χ1) is 8.33. The molecule has 0 aliphatic heterocycles. The molecule has 0 bridgehead atoms. The van der Waals surface area contributed by atoms with E-state index < -0.39 is 0 Å². The Bertz CT molecular complexity index is 605. The van der Waals surface area contributed by atoms with E-state index in [0.29, 0.717) is 5.82 Å². The molecule has 2 aromatic heterocycles. The number of benzene rings is 1. The first-order valence-corrected chi connectivity index (χ1v) is 5.37. The Morgan fingerprint density at radius 1 is 1.06 bits per heavy atom. The molecule has 0 radical (unpaired) electrons. The van der Waals surface area contributed by atoms with Crippen molar-refractivity contribution < 1.29 is 0 Å². The van der Waals surface area contributed by atoms with Crippen LogP contribution in [0.2, 0.25) is 0 Å². The predicted octanol–water partition coefficient (Wildman–Crippen LogP) is 2.45. The lowest BCUT2D eigenvalue weighted by Crippen LogP contribution is -1.88. The predicted molar refractivity (Wildman–Crippen MR) is 67.8 cm³/mol. The van der Waals surface area contributed by atoms with Crippen LogP contribution < -0.4 is 5.73 Å². The first kappa shape index (κ1) is 9.72. The van der Waals surface area contributed by atoms with Crippen molar-refractivity contribution in [3.8, 4) is 16.9 Å². The molecular weight excluding hydrogens is 212 g/mol. The number of nitrogens with zero attached hydrogens (tertiary/aromatic N) is 2. The Morgan fingerprint density at radius 2 is 1.76 bits per heavy atom. The zero-order chi connectivity index (χ0) is 11.7. The van der Waals surface area contributed by atoms with Crippen LogP contribution in [-0.2, 0) is 0 Å². The maximum absolute atomic E-state index is 5.58. The number of anilines is 1. The van der Waals surface area contributed by atoms with Gasteiger partial charge in [-0.3, -0.25) is 5.10 Å². The average Bonchev–Trinajstić information content (AvgIpc) is 3.00. The molecule has 3 rings (SSSR count). The molecule has 4 heteroatoms. The Labute approximate surface area is 98.7 Å². The molecule has 0 aliphatic carbocycles. The van der Waals surface area contributed by atoms with Crippen LogP contribution in [0.15, 0.2) is 54.9 Å². The van der Waals surface area contributed by atoms with E-state index in [1.54, 1.807) is 0 Å². The van der Waals surface area contributed by atoms with Gasteiger partial charge in [-0.1, -0.05) is 12.1 Å². The largest absolute Gasteiger partial charge is 0.382 e. The van der Waals surface area contributed by atoms with Crippen molar-refractivity contribution in [3.63, 3.8) is 0 Å². The van der Waals surface area contributed by atoms with E-state index in [1.165, 1.54) is 0 Å². The molecule has 0 aliphatic rings. The highest BCUT2D eigenvalue weighted by Crippen LogP contribution is 2.20. The maximum atomic E-state index is 5.58. The summed E-state index contributed by atoms with van der Waals surface area (Å²) < 4.78 is 2.06. The molecule has 3 aromatic rings. The quantitative estimate of drug-likeness (QED) is 0.702. The van der Waals surface area contributed by atoms with E-state index >= 15 is 0 Å². The summed E-state index contributed by atoms with van der Waals surface area (Å²) in [7, 11) is 0. The highest BCUT2D eigenvalue weighted by atomic mass is 15.2. The van der Waals surface area contributed by atoms with Gasteiger partial charge in [0.15, 0.2) is 0 Å². The van der Waals surface area contributed by atoms with Crippen LogP contribution in [0.1, 0.15) is 0 Å². The number of rotatable bonds is 2. The highest BCUT2D eigenvalue weighted by Gasteiger charge is 2.01. The minimum absolute atomic E-state index is 0.509. The summed E-state index contributed by atoms with van der Waals surface area (Å²) in [4.78, 5) is 0. The Morgan fingerprint density at radius 3 is 2.35 bits per heavy atom. The van der Waals surface area contributed by atoms with Crippen LogP contribution >= 0.6 is 0 Å². The van der Waals surface area contributed by atoms with Crippen LogP contribution in [0.3, 0.4) is 0 Å². The number of H-pyrrole nitrogens is 1. The monoisotopic (exact) mass is 224 g/mol. The van der Waals surface area contributed by atoms with Gasteiger partial charge in [0.1, 0.15) is 5.82 Å². The van der Waals surface area contributed by atoms with Gasteiger partial charge < -0.3 is 10.3 Å². The van der Waals surface area contributed by atoms with Crippen LogP contribution in [0, 0.1) is 0 Å². The molecule has 0 saturated heterocycles. The molecule has 1 aromatic carbocycles. The Balaban J connectivity index is 1.95. The van der Waals surface area contributed by atoms with Gasteiger partial charge in [0.25, 0.3) is 0 Å². The van der Waals surface area contributed by atoms with Crippen LogP contribution in [0.4, 0.5) is 5.82 Å². The van der Waals surface area contributed by atoms with Crippen molar-refractivity contribution in [1.82, 2.24) is 14.8 Å². The molecule has 2 heterocycles. The third-order valence-electron chi connectivity index (χ3n) is 2.68. The minimum Gasteiger partial charge on any atom is -0.382 e. The second-order valence-corrected chi connectivity index (χ2v) is 3.84. The second kappa shape index (κ2) is 3.83. The number of aromatic amines is 1. The van der Waals surface area contributed by atoms with E-state index in [1.807, 2.05) is 42.7 Å². The minimum atomic E-state index is 0.509. The second-order valence-electron chi connectivity index (χ2n) is 3.84. The Hall–Kier alpha value is -2.49. The fraction of sp³-hybridized carbons (Fsp3) is 0. The van der Waals surface area contributed by atoms with Gasteiger partial charge in [0.2, 0.25) is 0 Å². The van der Waals surface area contributed by atoms with Gasteiger partial charge >= 0.3 is 0 Å². The zero-order valence-corrected chi connectivity index (χ0v) is 9.17. The number of nitrogens with one attached hydrogen (secondary N) is 1. The fourth-order valence-electron chi connectivity index (χ4n) is 1.80. The standard InChI is InChI=1S/C13H12N4/c14-13-9-12(15-16-13)10-3-5-11(6-4-10)17-7-1-2-8-17/h1-9H,(H3,14,15,16).